The highest BCUT2D eigenvalue weighted by Crippen LogP contribution is 2.25. The summed E-state index contributed by atoms with van der Waals surface area (Å²) in [7, 11) is 1.62. The Morgan fingerprint density at radius 1 is 0.875 bits per heavy atom. The molecule has 0 aliphatic carbocycles. The number of hydrogen-bond acceptors (Lipinski definition) is 5. The van der Waals surface area contributed by atoms with E-state index in [1.54, 1.807) is 7.11 Å². The van der Waals surface area contributed by atoms with Gasteiger partial charge >= 0.3 is 0 Å². The third-order valence-electron chi connectivity index (χ3n) is 5.38. The zero-order chi connectivity index (χ0) is 22.5. The lowest BCUT2D eigenvalue weighted by Gasteiger charge is -2.17. The molecule has 0 bridgehead atoms. The lowest BCUT2D eigenvalue weighted by molar-refractivity contribution is 0.0917. The fourth-order valence-corrected chi connectivity index (χ4v) is 3.73. The van der Waals surface area contributed by atoms with Gasteiger partial charge in [0.05, 0.1) is 24.7 Å². The highest BCUT2D eigenvalue weighted by atomic mass is 16.5. The first-order chi connectivity index (χ1) is 15.5. The number of nitrogens with zero attached hydrogens (tertiary/aromatic N) is 2. The standard InChI is InChI=1S/C26H28N2O4/c1-18-7-6-8-19(2)26(18)32-17-25-27-23-9-4-5-10-24(23)28(25)15-20(29)16-31-22-13-11-21(30-3)12-14-22/h4-14,20,29H,15-17H2,1-3H3. The molecule has 6 nitrogen and oxygen atoms in total. The van der Waals surface area contributed by atoms with E-state index in [0.717, 1.165) is 39.5 Å². The molecular formula is C26H28N2O4. The largest absolute Gasteiger partial charge is 0.497 e. The van der Waals surface area contributed by atoms with Gasteiger partial charge in [0.25, 0.3) is 0 Å². The third kappa shape index (κ3) is 4.86. The van der Waals surface area contributed by atoms with Gasteiger partial charge in [0.1, 0.15) is 42.4 Å². The number of hydrogen-bond donors (Lipinski definition) is 1. The van der Waals surface area contributed by atoms with E-state index in [1.165, 1.54) is 0 Å². The minimum absolute atomic E-state index is 0.163. The predicted octanol–water partition coefficient (Wildman–Crippen LogP) is 4.68. The van der Waals surface area contributed by atoms with Gasteiger partial charge in [-0.05, 0) is 61.4 Å². The molecular weight excluding hydrogens is 404 g/mol. The van der Waals surface area contributed by atoms with Crippen LogP contribution in [-0.2, 0) is 13.2 Å². The molecule has 0 fully saturated rings. The molecule has 1 atom stereocenters. The molecule has 3 aromatic carbocycles. The maximum Gasteiger partial charge on any atom is 0.148 e. The molecule has 1 N–H and O–H groups in total. The summed E-state index contributed by atoms with van der Waals surface area (Å²) in [4.78, 5) is 4.75. The van der Waals surface area contributed by atoms with Crippen LogP contribution in [0.4, 0.5) is 0 Å². The summed E-state index contributed by atoms with van der Waals surface area (Å²) in [5.41, 5.74) is 3.99. The SMILES string of the molecule is COc1ccc(OCC(O)Cn2c(COc3c(C)cccc3C)nc3ccccc32)cc1. The summed E-state index contributed by atoms with van der Waals surface area (Å²) in [5, 5.41) is 10.7. The van der Waals surface area contributed by atoms with Crippen molar-refractivity contribution in [3.63, 3.8) is 0 Å². The van der Waals surface area contributed by atoms with Crippen LogP contribution in [0.2, 0.25) is 0 Å². The van der Waals surface area contributed by atoms with Crippen LogP contribution >= 0.6 is 0 Å². The van der Waals surface area contributed by atoms with Crippen LogP contribution in [0.25, 0.3) is 11.0 Å². The maximum absolute atomic E-state index is 10.7. The van der Waals surface area contributed by atoms with E-state index in [-0.39, 0.29) is 6.61 Å². The summed E-state index contributed by atoms with van der Waals surface area (Å²) in [5.74, 6) is 3.07. The minimum Gasteiger partial charge on any atom is -0.497 e. The van der Waals surface area contributed by atoms with Gasteiger partial charge in [-0.1, -0.05) is 30.3 Å². The highest BCUT2D eigenvalue weighted by molar-refractivity contribution is 5.75. The summed E-state index contributed by atoms with van der Waals surface area (Å²) in [6.07, 6.45) is -0.714. The average molecular weight is 433 g/mol. The average Bonchev–Trinajstić information content (AvgIpc) is 3.15. The fraction of sp³-hybridized carbons (Fsp3) is 0.269. The quantitative estimate of drug-likeness (QED) is 0.416. The molecule has 166 valence electrons. The molecule has 1 aromatic heterocycles. The molecule has 0 aliphatic rings. The van der Waals surface area contributed by atoms with E-state index in [4.69, 9.17) is 19.2 Å². The van der Waals surface area contributed by atoms with Crippen molar-refractivity contribution in [2.75, 3.05) is 13.7 Å². The number of imidazole rings is 1. The van der Waals surface area contributed by atoms with E-state index < -0.39 is 6.10 Å². The molecule has 1 heterocycles. The van der Waals surface area contributed by atoms with Crippen LogP contribution < -0.4 is 14.2 Å². The Bertz CT molecular complexity index is 1160. The summed E-state index contributed by atoms with van der Waals surface area (Å²) < 4.78 is 19.1. The maximum atomic E-state index is 10.7. The molecule has 1 unspecified atom stereocenters. The van der Waals surface area contributed by atoms with Gasteiger partial charge in [-0.25, -0.2) is 4.98 Å². The first-order valence-electron chi connectivity index (χ1n) is 10.6. The van der Waals surface area contributed by atoms with Crippen LogP contribution in [0.15, 0.2) is 66.7 Å². The Kier molecular flexibility index (Phi) is 6.61. The Labute approximate surface area is 188 Å². The van der Waals surface area contributed by atoms with Crippen molar-refractivity contribution < 1.29 is 19.3 Å². The normalized spacial score (nSPS) is 12.0. The first kappa shape index (κ1) is 21.7. The van der Waals surface area contributed by atoms with Gasteiger partial charge in [-0.3, -0.25) is 0 Å². The number of fused-ring (bicyclic) bond motifs is 1. The smallest absolute Gasteiger partial charge is 0.148 e. The highest BCUT2D eigenvalue weighted by Gasteiger charge is 2.16. The van der Waals surface area contributed by atoms with Crippen molar-refractivity contribution in [2.24, 2.45) is 0 Å². The molecule has 32 heavy (non-hydrogen) atoms. The summed E-state index contributed by atoms with van der Waals surface area (Å²) in [6, 6.07) is 21.3. The van der Waals surface area contributed by atoms with Crippen molar-refractivity contribution >= 4 is 11.0 Å². The number of aromatic nitrogens is 2. The molecule has 0 aliphatic heterocycles. The molecule has 0 saturated heterocycles. The van der Waals surface area contributed by atoms with E-state index >= 15 is 0 Å². The monoisotopic (exact) mass is 432 g/mol. The van der Waals surface area contributed by atoms with Crippen molar-refractivity contribution in [3.05, 3.63) is 83.7 Å². The van der Waals surface area contributed by atoms with Crippen molar-refractivity contribution in [1.82, 2.24) is 9.55 Å². The van der Waals surface area contributed by atoms with Gasteiger partial charge in [0.2, 0.25) is 0 Å². The number of aliphatic hydroxyl groups excluding tert-OH is 1. The zero-order valence-corrected chi connectivity index (χ0v) is 18.6. The van der Waals surface area contributed by atoms with E-state index in [1.807, 2.05) is 85.1 Å². The minimum atomic E-state index is -0.714. The van der Waals surface area contributed by atoms with E-state index in [2.05, 4.69) is 0 Å². The second-order valence-corrected chi connectivity index (χ2v) is 7.78. The topological polar surface area (TPSA) is 65.7 Å². The summed E-state index contributed by atoms with van der Waals surface area (Å²) >= 11 is 0. The number of para-hydroxylation sites is 3. The van der Waals surface area contributed by atoms with Crippen LogP contribution in [0, 0.1) is 13.8 Å². The summed E-state index contributed by atoms with van der Waals surface area (Å²) in [6.45, 7) is 4.89. The van der Waals surface area contributed by atoms with Crippen molar-refractivity contribution in [1.29, 1.82) is 0 Å². The molecule has 4 aromatic rings. The Morgan fingerprint density at radius 3 is 2.28 bits per heavy atom. The van der Waals surface area contributed by atoms with E-state index in [0.29, 0.717) is 18.9 Å². The number of aliphatic hydroxyl groups is 1. The molecule has 0 spiro atoms. The molecule has 0 radical (unpaired) electrons. The lowest BCUT2D eigenvalue weighted by atomic mass is 10.1. The fourth-order valence-electron chi connectivity index (χ4n) is 3.73. The van der Waals surface area contributed by atoms with Crippen LogP contribution in [0.5, 0.6) is 17.2 Å². The zero-order valence-electron chi connectivity index (χ0n) is 18.6. The second-order valence-electron chi connectivity index (χ2n) is 7.78. The van der Waals surface area contributed by atoms with Gasteiger partial charge in [0.15, 0.2) is 0 Å². The lowest BCUT2D eigenvalue weighted by Crippen LogP contribution is -2.25. The number of benzene rings is 3. The Hall–Kier alpha value is -3.51. The van der Waals surface area contributed by atoms with Crippen molar-refractivity contribution in [2.45, 2.75) is 33.1 Å². The Morgan fingerprint density at radius 2 is 1.56 bits per heavy atom. The molecule has 0 saturated carbocycles. The molecule has 4 rings (SSSR count). The predicted molar refractivity (Wildman–Crippen MR) is 124 cm³/mol. The number of rotatable bonds is 9. The Balaban J connectivity index is 1.49. The first-order valence-corrected chi connectivity index (χ1v) is 10.6. The van der Waals surface area contributed by atoms with Crippen LogP contribution in [0.1, 0.15) is 17.0 Å². The van der Waals surface area contributed by atoms with Gasteiger partial charge in [-0.15, -0.1) is 0 Å². The van der Waals surface area contributed by atoms with Gasteiger partial charge in [0, 0.05) is 0 Å². The van der Waals surface area contributed by atoms with Gasteiger partial charge < -0.3 is 23.9 Å². The van der Waals surface area contributed by atoms with Gasteiger partial charge in [-0.2, -0.15) is 0 Å². The number of ether oxygens (including phenoxy) is 3. The van der Waals surface area contributed by atoms with Crippen molar-refractivity contribution in [3.8, 4) is 17.2 Å². The van der Waals surface area contributed by atoms with Crippen LogP contribution in [-0.4, -0.2) is 34.5 Å². The van der Waals surface area contributed by atoms with E-state index in [9.17, 15) is 5.11 Å². The third-order valence-corrected chi connectivity index (χ3v) is 5.38. The van der Waals surface area contributed by atoms with Crippen LogP contribution in [0.3, 0.4) is 0 Å². The number of methoxy groups -OCH3 is 1. The second kappa shape index (κ2) is 9.75. The molecule has 6 heteroatoms. The molecule has 0 amide bonds. The number of aryl methyl sites for hydroxylation is 2.